The van der Waals surface area contributed by atoms with Gasteiger partial charge in [-0.05, 0) is 6.07 Å². The van der Waals surface area contributed by atoms with Gasteiger partial charge in [0, 0.05) is 47.6 Å². The van der Waals surface area contributed by atoms with Crippen LogP contribution in [0.4, 0.5) is 5.82 Å². The lowest BCUT2D eigenvalue weighted by Crippen LogP contribution is -2.17. The van der Waals surface area contributed by atoms with Gasteiger partial charge < -0.3 is 14.8 Å². The number of hydrogen-bond acceptors (Lipinski definition) is 5. The van der Waals surface area contributed by atoms with Crippen LogP contribution in [0.5, 0.6) is 0 Å². The maximum Gasteiger partial charge on any atom is 0.186 e. The summed E-state index contributed by atoms with van der Waals surface area (Å²) in [6.07, 6.45) is 9.53. The minimum atomic E-state index is 0.115. The van der Waals surface area contributed by atoms with Gasteiger partial charge in [-0.3, -0.25) is 5.10 Å². The summed E-state index contributed by atoms with van der Waals surface area (Å²) >= 11 is 0. The van der Waals surface area contributed by atoms with E-state index in [0.29, 0.717) is 12.2 Å². The Kier molecular flexibility index (Phi) is 3.43. The van der Waals surface area contributed by atoms with E-state index in [1.807, 2.05) is 41.9 Å². The lowest BCUT2D eigenvalue weighted by atomic mass is 10.0. The van der Waals surface area contributed by atoms with Gasteiger partial charge in [-0.2, -0.15) is 5.10 Å². The highest BCUT2D eigenvalue weighted by Crippen LogP contribution is 2.27. The van der Waals surface area contributed by atoms with Crippen LogP contribution in [0.1, 0.15) is 13.3 Å². The molecular formula is C19H17N7O. The Labute approximate surface area is 154 Å². The molecule has 0 aliphatic carbocycles. The van der Waals surface area contributed by atoms with Crippen LogP contribution >= 0.6 is 0 Å². The van der Waals surface area contributed by atoms with Gasteiger partial charge in [-0.1, -0.05) is 19.1 Å². The van der Waals surface area contributed by atoms with Crippen LogP contribution in [-0.4, -0.2) is 35.6 Å². The van der Waals surface area contributed by atoms with Crippen molar-refractivity contribution >= 4 is 28.3 Å². The molecule has 27 heavy (non-hydrogen) atoms. The van der Waals surface area contributed by atoms with Gasteiger partial charge in [0.25, 0.3) is 0 Å². The number of fused-ring (bicyclic) bond motifs is 2. The molecule has 0 radical (unpaired) electrons. The van der Waals surface area contributed by atoms with E-state index in [4.69, 9.17) is 4.98 Å². The minimum Gasteiger partial charge on any atom is -0.496 e. The highest BCUT2D eigenvalue weighted by Gasteiger charge is 2.18. The third kappa shape index (κ3) is 2.71. The Balaban J connectivity index is 1.61. The van der Waals surface area contributed by atoms with E-state index >= 15 is 0 Å². The molecule has 3 N–H and O–H groups in total. The highest BCUT2D eigenvalue weighted by molar-refractivity contribution is 5.83. The van der Waals surface area contributed by atoms with Crippen molar-refractivity contribution in [1.82, 2.24) is 24.6 Å². The van der Waals surface area contributed by atoms with E-state index < -0.39 is 0 Å². The van der Waals surface area contributed by atoms with Gasteiger partial charge in [0.05, 0.1) is 23.6 Å². The molecule has 3 aromatic heterocycles. The normalized spacial score (nSPS) is 17.1. The molecule has 1 aliphatic rings. The molecule has 8 heteroatoms. The standard InChI is InChI=1S/C19H17N7O/c1-11-6-17(27)21-9-15(11)23-18-19-20-4-5-26(19)10-16(24-18)12-2-3-13-8-22-25-14(13)7-12/h2-5,7-11H,6H2,1H3,(H,21,27)(H,22,25)(H,23,24). The second-order valence-electron chi connectivity index (χ2n) is 6.66. The van der Waals surface area contributed by atoms with Gasteiger partial charge in [0.15, 0.2) is 17.4 Å². The van der Waals surface area contributed by atoms with Crippen LogP contribution in [0.2, 0.25) is 0 Å². The van der Waals surface area contributed by atoms with Crippen molar-refractivity contribution in [1.29, 1.82) is 0 Å². The summed E-state index contributed by atoms with van der Waals surface area (Å²) in [6.45, 7) is 2.03. The predicted octanol–water partition coefficient (Wildman–Crippen LogP) is 3.52. The smallest absolute Gasteiger partial charge is 0.186 e. The third-order valence-corrected chi connectivity index (χ3v) is 4.75. The minimum absolute atomic E-state index is 0.115. The molecule has 8 nitrogen and oxygen atoms in total. The van der Waals surface area contributed by atoms with Crippen LogP contribution in [-0.2, 0) is 0 Å². The second-order valence-corrected chi connectivity index (χ2v) is 6.66. The van der Waals surface area contributed by atoms with Crippen molar-refractivity contribution in [2.45, 2.75) is 13.3 Å². The molecule has 0 fully saturated rings. The number of aromatic nitrogens is 5. The Morgan fingerprint density at radius 1 is 1.33 bits per heavy atom. The number of nitrogens with zero attached hydrogens (tertiary/aromatic N) is 5. The lowest BCUT2D eigenvalue weighted by molar-refractivity contribution is 0.502. The van der Waals surface area contributed by atoms with Crippen LogP contribution in [0, 0.1) is 5.92 Å². The Morgan fingerprint density at radius 2 is 2.26 bits per heavy atom. The van der Waals surface area contributed by atoms with Crippen molar-refractivity contribution in [2.24, 2.45) is 10.9 Å². The number of imidazole rings is 1. The fourth-order valence-electron chi connectivity index (χ4n) is 3.25. The van der Waals surface area contributed by atoms with Gasteiger partial charge in [0.2, 0.25) is 0 Å². The molecule has 134 valence electrons. The second kappa shape index (κ2) is 5.94. The number of aromatic amines is 1. The molecule has 1 aliphatic heterocycles. The van der Waals surface area contributed by atoms with Crippen LogP contribution in [0.3, 0.4) is 0 Å². The summed E-state index contributed by atoms with van der Waals surface area (Å²) in [7, 11) is 0. The first-order chi connectivity index (χ1) is 13.2. The van der Waals surface area contributed by atoms with E-state index in [9.17, 15) is 5.11 Å². The molecule has 1 unspecified atom stereocenters. The maximum absolute atomic E-state index is 9.60. The number of aliphatic hydroxyl groups is 1. The summed E-state index contributed by atoms with van der Waals surface area (Å²) in [4.78, 5) is 13.2. The van der Waals surface area contributed by atoms with Crippen molar-refractivity contribution < 1.29 is 5.11 Å². The number of nitrogens with one attached hydrogen (secondary N) is 2. The first-order valence-corrected chi connectivity index (χ1v) is 8.67. The first-order valence-electron chi connectivity index (χ1n) is 8.67. The summed E-state index contributed by atoms with van der Waals surface area (Å²) < 4.78 is 1.94. The fraction of sp³-hybridized carbons (Fsp3) is 0.158. The van der Waals surface area contributed by atoms with Gasteiger partial charge in [-0.25, -0.2) is 15.0 Å². The Hall–Kier alpha value is -3.68. The SMILES string of the molecule is CC1CC(O)=NC=C1Nc1nc(-c2ccc3cn[nH]c3c2)cn2ccnc12. The van der Waals surface area contributed by atoms with E-state index in [0.717, 1.165) is 33.5 Å². The Morgan fingerprint density at radius 3 is 3.15 bits per heavy atom. The summed E-state index contributed by atoms with van der Waals surface area (Å²) in [5.41, 5.74) is 4.38. The van der Waals surface area contributed by atoms with Crippen molar-refractivity contribution in [3.05, 3.63) is 54.9 Å². The topological polar surface area (TPSA) is 103 Å². The largest absolute Gasteiger partial charge is 0.496 e. The van der Waals surface area contributed by atoms with E-state index in [1.54, 1.807) is 18.6 Å². The summed E-state index contributed by atoms with van der Waals surface area (Å²) in [5, 5.41) is 21.1. The number of rotatable bonds is 3. The number of H-pyrrole nitrogens is 1. The van der Waals surface area contributed by atoms with Gasteiger partial charge in [0.1, 0.15) is 0 Å². The van der Waals surface area contributed by atoms with Crippen LogP contribution < -0.4 is 5.32 Å². The first kappa shape index (κ1) is 15.6. The van der Waals surface area contributed by atoms with Crippen molar-refractivity contribution in [3.63, 3.8) is 0 Å². The van der Waals surface area contributed by atoms with Gasteiger partial charge in [-0.15, -0.1) is 0 Å². The number of allylic oxidation sites excluding steroid dienone is 1. The van der Waals surface area contributed by atoms with E-state index in [-0.39, 0.29) is 11.8 Å². The molecule has 0 spiro atoms. The third-order valence-electron chi connectivity index (χ3n) is 4.75. The lowest BCUT2D eigenvalue weighted by Gasteiger charge is -2.20. The zero-order valence-electron chi connectivity index (χ0n) is 14.6. The quantitative estimate of drug-likeness (QED) is 0.519. The van der Waals surface area contributed by atoms with Crippen molar-refractivity contribution in [2.75, 3.05) is 5.32 Å². The predicted molar refractivity (Wildman–Crippen MR) is 104 cm³/mol. The molecule has 0 bridgehead atoms. The van der Waals surface area contributed by atoms with Crippen LogP contribution in [0.25, 0.3) is 27.8 Å². The van der Waals surface area contributed by atoms with Crippen LogP contribution in [0.15, 0.2) is 59.9 Å². The number of hydrogen-bond donors (Lipinski definition) is 3. The monoisotopic (exact) mass is 359 g/mol. The fourth-order valence-corrected chi connectivity index (χ4v) is 3.25. The molecule has 4 aromatic rings. The molecule has 1 aromatic carbocycles. The summed E-state index contributed by atoms with van der Waals surface area (Å²) in [6, 6.07) is 6.07. The zero-order chi connectivity index (χ0) is 18.4. The number of anilines is 1. The molecule has 0 amide bonds. The molecule has 1 atom stereocenters. The average molecular weight is 359 g/mol. The average Bonchev–Trinajstić information content (AvgIpc) is 3.32. The molecular weight excluding hydrogens is 342 g/mol. The van der Waals surface area contributed by atoms with E-state index in [1.165, 1.54) is 0 Å². The molecule has 0 saturated heterocycles. The summed E-state index contributed by atoms with van der Waals surface area (Å²) in [5.74, 6) is 0.912. The van der Waals surface area contributed by atoms with Crippen molar-refractivity contribution in [3.8, 4) is 11.3 Å². The Bertz CT molecular complexity index is 1220. The molecule has 5 rings (SSSR count). The highest BCUT2D eigenvalue weighted by atomic mass is 16.3. The van der Waals surface area contributed by atoms with Gasteiger partial charge >= 0.3 is 0 Å². The molecule has 4 heterocycles. The zero-order valence-corrected chi connectivity index (χ0v) is 14.6. The maximum atomic E-state index is 9.60. The number of aliphatic hydroxyl groups excluding tert-OH is 1. The molecule has 0 saturated carbocycles. The number of aliphatic imine (C=N–C) groups is 1. The number of benzene rings is 1. The van der Waals surface area contributed by atoms with E-state index in [2.05, 4.69) is 25.5 Å².